The van der Waals surface area contributed by atoms with Crippen LogP contribution in [0.1, 0.15) is 6.92 Å². The molecule has 7 heavy (non-hydrogen) atoms. The summed E-state index contributed by atoms with van der Waals surface area (Å²) >= 11 is 3.78. The first kappa shape index (κ1) is 6.56. The third-order valence-electron chi connectivity index (χ3n) is 0.305. The van der Waals surface area contributed by atoms with Crippen LogP contribution in [0.3, 0.4) is 0 Å². The van der Waals surface area contributed by atoms with Crippen LogP contribution in [-0.2, 0) is 0 Å². The third-order valence-corrected chi connectivity index (χ3v) is 0.405. The lowest BCUT2D eigenvalue weighted by Gasteiger charge is -1.85. The fourth-order valence-electron chi connectivity index (χ4n) is 0.204. The van der Waals surface area contributed by atoms with E-state index < -0.39 is 0 Å². The van der Waals surface area contributed by atoms with Crippen LogP contribution in [0.2, 0.25) is 0 Å². The Hall–Kier alpha value is -0.440. The fourth-order valence-corrected chi connectivity index (χ4v) is 0.361. The Kier molecular flexibility index (Phi) is 2.52. The van der Waals surface area contributed by atoms with Crippen molar-refractivity contribution in [2.75, 3.05) is 0 Å². The molecule has 0 fully saturated rings. The zero-order valence-electron chi connectivity index (χ0n) is 4.18. The van der Waals surface area contributed by atoms with Crippen molar-refractivity contribution in [3.8, 4) is 0 Å². The largest absolute Gasteiger partial charge is 0.387 e. The summed E-state index contributed by atoms with van der Waals surface area (Å²) in [6.07, 6.45) is 0. The molecule has 0 atom stereocenters. The summed E-state index contributed by atoms with van der Waals surface area (Å²) in [5.41, 5.74) is 5.13. The Morgan fingerprint density at radius 2 is 2.29 bits per heavy atom. The van der Waals surface area contributed by atoms with Gasteiger partial charge in [0.25, 0.3) is 0 Å². The number of nitrogens with zero attached hydrogens (tertiary/aromatic N) is 1. The normalized spacial score (nSPS) is 11.4. The smallest absolute Gasteiger partial charge is 0.0970 e. The number of thiol groups is 1. The molecule has 0 radical (unpaired) electrons. The standard InChI is InChI=1S/C4H8N2S/c1-3(5)6-4(2)7/h7H,2H2,1H3,(H2,5,6). The molecule has 0 bridgehead atoms. The maximum Gasteiger partial charge on any atom is 0.0970 e. The van der Waals surface area contributed by atoms with Crippen molar-refractivity contribution in [3.63, 3.8) is 0 Å². The molecule has 0 heterocycles. The first-order valence-electron chi connectivity index (χ1n) is 1.81. The highest BCUT2D eigenvalue weighted by Gasteiger charge is 1.75. The lowest BCUT2D eigenvalue weighted by Crippen LogP contribution is -2.03. The topological polar surface area (TPSA) is 38.4 Å². The number of hydrogen-bond donors (Lipinski definition) is 2. The zero-order chi connectivity index (χ0) is 5.86. The van der Waals surface area contributed by atoms with Crippen molar-refractivity contribution in [2.24, 2.45) is 10.7 Å². The molecule has 0 unspecified atom stereocenters. The molecule has 0 aromatic rings. The maximum absolute atomic E-state index is 5.13. The Labute approximate surface area is 48.5 Å². The minimum atomic E-state index is 0.444. The molecule has 0 aromatic heterocycles. The van der Waals surface area contributed by atoms with E-state index in [2.05, 4.69) is 24.2 Å². The van der Waals surface area contributed by atoms with Crippen LogP contribution in [-0.4, -0.2) is 5.84 Å². The maximum atomic E-state index is 5.13. The van der Waals surface area contributed by atoms with E-state index in [1.807, 2.05) is 0 Å². The van der Waals surface area contributed by atoms with E-state index in [4.69, 9.17) is 5.73 Å². The van der Waals surface area contributed by atoms with Crippen molar-refractivity contribution in [3.05, 3.63) is 11.6 Å². The third kappa shape index (κ3) is 5.56. The van der Waals surface area contributed by atoms with Crippen LogP contribution in [0, 0.1) is 0 Å². The van der Waals surface area contributed by atoms with Crippen molar-refractivity contribution in [1.82, 2.24) is 0 Å². The second-order valence-corrected chi connectivity index (χ2v) is 1.69. The van der Waals surface area contributed by atoms with Crippen LogP contribution < -0.4 is 5.73 Å². The van der Waals surface area contributed by atoms with E-state index in [0.29, 0.717) is 10.9 Å². The molecular formula is C4H8N2S. The van der Waals surface area contributed by atoms with Crippen LogP contribution >= 0.6 is 12.6 Å². The molecule has 2 nitrogen and oxygen atoms in total. The van der Waals surface area contributed by atoms with E-state index in [1.165, 1.54) is 0 Å². The molecule has 0 saturated carbocycles. The zero-order valence-corrected chi connectivity index (χ0v) is 5.07. The van der Waals surface area contributed by atoms with E-state index in [-0.39, 0.29) is 0 Å². The van der Waals surface area contributed by atoms with E-state index in [1.54, 1.807) is 6.92 Å². The fraction of sp³-hybridized carbons (Fsp3) is 0.250. The highest BCUT2D eigenvalue weighted by molar-refractivity contribution is 7.84. The van der Waals surface area contributed by atoms with Gasteiger partial charge < -0.3 is 5.73 Å². The van der Waals surface area contributed by atoms with E-state index in [9.17, 15) is 0 Å². The van der Waals surface area contributed by atoms with E-state index in [0.717, 1.165) is 0 Å². The van der Waals surface area contributed by atoms with Crippen LogP contribution in [0.5, 0.6) is 0 Å². The predicted molar refractivity (Wildman–Crippen MR) is 35.4 cm³/mol. The number of nitrogens with two attached hydrogens (primary N) is 1. The van der Waals surface area contributed by atoms with E-state index >= 15 is 0 Å². The number of rotatable bonds is 1. The lowest BCUT2D eigenvalue weighted by molar-refractivity contribution is 1.46. The molecule has 0 aliphatic carbocycles. The van der Waals surface area contributed by atoms with Gasteiger partial charge in [-0.25, -0.2) is 4.99 Å². The average molecular weight is 116 g/mol. The monoisotopic (exact) mass is 116 g/mol. The molecule has 0 amide bonds. The van der Waals surface area contributed by atoms with Crippen LogP contribution in [0.4, 0.5) is 0 Å². The number of aliphatic imine (C=N–C) groups is 1. The molecule has 0 aromatic carbocycles. The van der Waals surface area contributed by atoms with Gasteiger partial charge in [-0.2, -0.15) is 0 Å². The van der Waals surface area contributed by atoms with Gasteiger partial charge in [-0.05, 0) is 6.92 Å². The highest BCUT2D eigenvalue weighted by atomic mass is 32.1. The van der Waals surface area contributed by atoms with Gasteiger partial charge in [-0.15, -0.1) is 12.6 Å². The van der Waals surface area contributed by atoms with Gasteiger partial charge in [0.05, 0.1) is 10.9 Å². The SMILES string of the molecule is C=C(S)N=C(C)N. The van der Waals surface area contributed by atoms with Crippen molar-refractivity contribution in [2.45, 2.75) is 6.92 Å². The Morgan fingerprint density at radius 1 is 1.86 bits per heavy atom. The predicted octanol–water partition coefficient (Wildman–Crippen LogP) is 0.765. The second-order valence-electron chi connectivity index (χ2n) is 1.17. The molecule has 40 valence electrons. The first-order valence-corrected chi connectivity index (χ1v) is 2.26. The van der Waals surface area contributed by atoms with Crippen molar-refractivity contribution in [1.29, 1.82) is 0 Å². The molecule has 0 spiro atoms. The minimum Gasteiger partial charge on any atom is -0.387 e. The van der Waals surface area contributed by atoms with Gasteiger partial charge in [0.2, 0.25) is 0 Å². The first-order chi connectivity index (χ1) is 3.13. The summed E-state index contributed by atoms with van der Waals surface area (Å²) in [5, 5.41) is 0.444. The minimum absolute atomic E-state index is 0.444. The average Bonchev–Trinajstić information content (AvgIpc) is 1.27. The second kappa shape index (κ2) is 2.69. The van der Waals surface area contributed by atoms with Gasteiger partial charge >= 0.3 is 0 Å². The molecule has 2 N–H and O–H groups in total. The van der Waals surface area contributed by atoms with Gasteiger partial charge in [0, 0.05) is 0 Å². The Bertz CT molecular complexity index is 102. The summed E-state index contributed by atoms with van der Waals surface area (Å²) in [6.45, 7) is 5.07. The van der Waals surface area contributed by atoms with Gasteiger partial charge in [0.1, 0.15) is 0 Å². The molecular weight excluding hydrogens is 108 g/mol. The molecule has 3 heteroatoms. The molecule has 0 saturated heterocycles. The lowest BCUT2D eigenvalue weighted by atomic mass is 10.7. The Morgan fingerprint density at radius 3 is 2.29 bits per heavy atom. The van der Waals surface area contributed by atoms with Crippen molar-refractivity contribution >= 4 is 18.5 Å². The summed E-state index contributed by atoms with van der Waals surface area (Å²) in [5.74, 6) is 0.486. The molecule has 0 aliphatic heterocycles. The van der Waals surface area contributed by atoms with Crippen LogP contribution in [0.15, 0.2) is 16.6 Å². The summed E-state index contributed by atoms with van der Waals surface area (Å²) in [7, 11) is 0. The summed E-state index contributed by atoms with van der Waals surface area (Å²) < 4.78 is 0. The van der Waals surface area contributed by atoms with Gasteiger partial charge in [-0.3, -0.25) is 0 Å². The summed E-state index contributed by atoms with van der Waals surface area (Å²) in [4.78, 5) is 3.64. The molecule has 0 aliphatic rings. The van der Waals surface area contributed by atoms with Crippen LogP contribution in [0.25, 0.3) is 0 Å². The van der Waals surface area contributed by atoms with Gasteiger partial charge in [0.15, 0.2) is 0 Å². The summed E-state index contributed by atoms with van der Waals surface area (Å²) in [6, 6.07) is 0. The van der Waals surface area contributed by atoms with Crippen molar-refractivity contribution < 1.29 is 0 Å². The number of hydrogen-bond acceptors (Lipinski definition) is 2. The molecule has 0 rings (SSSR count). The van der Waals surface area contributed by atoms with Gasteiger partial charge in [-0.1, -0.05) is 6.58 Å². The quantitative estimate of drug-likeness (QED) is 0.296. The Balaban J connectivity index is 3.68. The number of amidine groups is 1. The highest BCUT2D eigenvalue weighted by Crippen LogP contribution is 1.94.